The van der Waals surface area contributed by atoms with Gasteiger partial charge in [-0.05, 0) is 37.6 Å². The van der Waals surface area contributed by atoms with Gasteiger partial charge in [0.15, 0.2) is 0 Å². The fraction of sp³-hybridized carbons (Fsp3) is 0.357. The highest BCUT2D eigenvalue weighted by atomic mass is 32.2. The third-order valence-corrected chi connectivity index (χ3v) is 4.46. The zero-order valence-electron chi connectivity index (χ0n) is 12.0. The number of aryl methyl sites for hydroxylation is 1. The second kappa shape index (κ2) is 7.24. The molecule has 1 heterocycles. The zero-order chi connectivity index (χ0) is 15.1. The van der Waals surface area contributed by atoms with Crippen molar-refractivity contribution < 1.29 is 8.42 Å². The molecule has 7 heteroatoms. The molecule has 0 atom stereocenters. The number of imidazole rings is 1. The Morgan fingerprint density at radius 1 is 1.24 bits per heavy atom. The molecule has 21 heavy (non-hydrogen) atoms. The Kier molecular flexibility index (Phi) is 5.35. The van der Waals surface area contributed by atoms with Crippen LogP contribution in [0.4, 0.5) is 5.69 Å². The molecule has 0 spiro atoms. The Hall–Kier alpha value is -1.86. The minimum atomic E-state index is -3.44. The van der Waals surface area contributed by atoms with E-state index in [1.807, 2.05) is 6.92 Å². The lowest BCUT2D eigenvalue weighted by Gasteiger charge is -2.08. The van der Waals surface area contributed by atoms with Gasteiger partial charge in [0, 0.05) is 37.6 Å². The van der Waals surface area contributed by atoms with E-state index in [1.165, 1.54) is 0 Å². The molecule has 0 aliphatic rings. The summed E-state index contributed by atoms with van der Waals surface area (Å²) in [4.78, 5) is 7.36. The summed E-state index contributed by atoms with van der Waals surface area (Å²) in [6.45, 7) is 3.18. The van der Waals surface area contributed by atoms with E-state index in [1.54, 1.807) is 36.7 Å². The van der Waals surface area contributed by atoms with E-state index in [2.05, 4.69) is 20.0 Å². The van der Waals surface area contributed by atoms with Crippen molar-refractivity contribution in [3.8, 4) is 0 Å². The first-order chi connectivity index (χ1) is 10.1. The minimum Gasteiger partial charge on any atom is -0.385 e. The molecule has 3 N–H and O–H groups in total. The van der Waals surface area contributed by atoms with E-state index < -0.39 is 10.0 Å². The van der Waals surface area contributed by atoms with Gasteiger partial charge in [-0.2, -0.15) is 0 Å². The van der Waals surface area contributed by atoms with Crippen LogP contribution in [0, 0.1) is 0 Å². The number of nitrogens with zero attached hydrogens (tertiary/aromatic N) is 1. The van der Waals surface area contributed by atoms with Crippen LogP contribution < -0.4 is 10.0 Å². The van der Waals surface area contributed by atoms with Crippen LogP contribution in [-0.4, -0.2) is 31.5 Å². The molecule has 0 aliphatic carbocycles. The lowest BCUT2D eigenvalue weighted by Crippen LogP contribution is -2.25. The van der Waals surface area contributed by atoms with Crippen LogP contribution in [0.15, 0.2) is 41.6 Å². The van der Waals surface area contributed by atoms with Gasteiger partial charge < -0.3 is 10.3 Å². The van der Waals surface area contributed by atoms with Gasteiger partial charge in [-0.3, -0.25) is 0 Å². The van der Waals surface area contributed by atoms with Gasteiger partial charge in [0.05, 0.1) is 4.90 Å². The second-order valence-electron chi connectivity index (χ2n) is 4.59. The highest BCUT2D eigenvalue weighted by Crippen LogP contribution is 2.13. The van der Waals surface area contributed by atoms with Gasteiger partial charge >= 0.3 is 0 Å². The van der Waals surface area contributed by atoms with Gasteiger partial charge in [0.1, 0.15) is 5.82 Å². The Morgan fingerprint density at radius 2 is 2.00 bits per heavy atom. The monoisotopic (exact) mass is 308 g/mol. The fourth-order valence-electron chi connectivity index (χ4n) is 1.94. The molecule has 0 aliphatic heterocycles. The highest BCUT2D eigenvalue weighted by molar-refractivity contribution is 7.89. The summed E-state index contributed by atoms with van der Waals surface area (Å²) in [6, 6.07) is 6.74. The van der Waals surface area contributed by atoms with Gasteiger partial charge in [-0.1, -0.05) is 0 Å². The molecule has 0 amide bonds. The van der Waals surface area contributed by atoms with Crippen molar-refractivity contribution in [2.75, 3.05) is 18.4 Å². The molecule has 0 unspecified atom stereocenters. The molecular formula is C14H20N4O2S. The van der Waals surface area contributed by atoms with E-state index in [-0.39, 0.29) is 4.90 Å². The standard InChI is InChI=1S/C14H20N4O2S/c1-2-15-12-5-7-13(8-6-12)21(19,20)18-9-3-4-14-16-10-11-17-14/h5-8,10-11,15,18H,2-4,9H2,1H3,(H,16,17). The molecule has 6 nitrogen and oxygen atoms in total. The number of nitrogens with one attached hydrogen (secondary N) is 3. The van der Waals surface area contributed by atoms with Crippen LogP contribution in [-0.2, 0) is 16.4 Å². The maximum absolute atomic E-state index is 12.1. The smallest absolute Gasteiger partial charge is 0.240 e. The number of benzene rings is 1. The number of H-pyrrole nitrogens is 1. The van der Waals surface area contributed by atoms with Gasteiger partial charge in [-0.25, -0.2) is 18.1 Å². The number of aromatic nitrogens is 2. The van der Waals surface area contributed by atoms with Crippen LogP contribution >= 0.6 is 0 Å². The highest BCUT2D eigenvalue weighted by Gasteiger charge is 2.12. The molecule has 1 aromatic carbocycles. The number of rotatable bonds is 8. The van der Waals surface area contributed by atoms with Crippen LogP contribution in [0.25, 0.3) is 0 Å². The molecule has 1 aromatic heterocycles. The normalized spacial score (nSPS) is 11.5. The average Bonchev–Trinajstić information content (AvgIpc) is 2.98. The van der Waals surface area contributed by atoms with Gasteiger partial charge in [0.25, 0.3) is 0 Å². The molecule has 0 bridgehead atoms. The summed E-state index contributed by atoms with van der Waals surface area (Å²) in [7, 11) is -3.44. The number of hydrogen-bond acceptors (Lipinski definition) is 4. The number of aromatic amines is 1. The van der Waals surface area contributed by atoms with Crippen molar-refractivity contribution in [1.29, 1.82) is 0 Å². The van der Waals surface area contributed by atoms with E-state index in [0.717, 1.165) is 24.5 Å². The predicted molar refractivity (Wildman–Crippen MR) is 82.7 cm³/mol. The van der Waals surface area contributed by atoms with E-state index in [9.17, 15) is 8.42 Å². The molecule has 0 fully saturated rings. The zero-order valence-corrected chi connectivity index (χ0v) is 12.8. The Labute approximate surface area is 125 Å². The first-order valence-electron chi connectivity index (χ1n) is 6.93. The van der Waals surface area contributed by atoms with Crippen molar-refractivity contribution in [3.05, 3.63) is 42.5 Å². The number of anilines is 1. The van der Waals surface area contributed by atoms with Crippen LogP contribution in [0.2, 0.25) is 0 Å². The predicted octanol–water partition coefficient (Wildman–Crippen LogP) is 1.75. The van der Waals surface area contributed by atoms with Crippen molar-refractivity contribution in [2.24, 2.45) is 0 Å². The molecule has 2 aromatic rings. The summed E-state index contributed by atoms with van der Waals surface area (Å²) < 4.78 is 26.8. The number of sulfonamides is 1. The quantitative estimate of drug-likeness (QED) is 0.648. The van der Waals surface area contributed by atoms with E-state index in [4.69, 9.17) is 0 Å². The fourth-order valence-corrected chi connectivity index (χ4v) is 3.01. The van der Waals surface area contributed by atoms with Crippen LogP contribution in [0.1, 0.15) is 19.2 Å². The Morgan fingerprint density at radius 3 is 2.62 bits per heavy atom. The van der Waals surface area contributed by atoms with Crippen molar-refractivity contribution in [2.45, 2.75) is 24.7 Å². The summed E-state index contributed by atoms with van der Waals surface area (Å²) in [5.74, 6) is 0.865. The SMILES string of the molecule is CCNc1ccc(S(=O)(=O)NCCCc2ncc[nH]2)cc1. The Bertz CT molecular complexity index is 636. The summed E-state index contributed by atoms with van der Waals surface area (Å²) in [5, 5.41) is 3.13. The summed E-state index contributed by atoms with van der Waals surface area (Å²) >= 11 is 0. The Balaban J connectivity index is 1.85. The summed E-state index contributed by atoms with van der Waals surface area (Å²) in [6.07, 6.45) is 4.86. The molecule has 114 valence electrons. The first kappa shape index (κ1) is 15.5. The van der Waals surface area contributed by atoms with Crippen LogP contribution in [0.5, 0.6) is 0 Å². The lowest BCUT2D eigenvalue weighted by atomic mass is 10.3. The minimum absolute atomic E-state index is 0.280. The maximum Gasteiger partial charge on any atom is 0.240 e. The largest absolute Gasteiger partial charge is 0.385 e. The van der Waals surface area contributed by atoms with Crippen molar-refractivity contribution >= 4 is 15.7 Å². The molecule has 0 saturated heterocycles. The third-order valence-electron chi connectivity index (χ3n) is 2.98. The number of hydrogen-bond donors (Lipinski definition) is 3. The van der Waals surface area contributed by atoms with Crippen molar-refractivity contribution in [1.82, 2.24) is 14.7 Å². The molecule has 2 rings (SSSR count). The van der Waals surface area contributed by atoms with E-state index >= 15 is 0 Å². The van der Waals surface area contributed by atoms with Gasteiger partial charge in [0.2, 0.25) is 10.0 Å². The van der Waals surface area contributed by atoms with Gasteiger partial charge in [-0.15, -0.1) is 0 Å². The average molecular weight is 308 g/mol. The van der Waals surface area contributed by atoms with E-state index in [0.29, 0.717) is 13.0 Å². The first-order valence-corrected chi connectivity index (χ1v) is 8.42. The van der Waals surface area contributed by atoms with Crippen molar-refractivity contribution in [3.63, 3.8) is 0 Å². The molecule has 0 saturated carbocycles. The topological polar surface area (TPSA) is 86.9 Å². The second-order valence-corrected chi connectivity index (χ2v) is 6.36. The molecule has 0 radical (unpaired) electrons. The molecular weight excluding hydrogens is 288 g/mol. The third kappa shape index (κ3) is 4.57. The maximum atomic E-state index is 12.1. The van der Waals surface area contributed by atoms with Crippen LogP contribution in [0.3, 0.4) is 0 Å². The lowest BCUT2D eigenvalue weighted by molar-refractivity contribution is 0.578. The summed E-state index contributed by atoms with van der Waals surface area (Å²) in [5.41, 5.74) is 0.911.